The molecule has 30 heavy (non-hydrogen) atoms. The number of aryl methyl sites for hydroxylation is 1. The van der Waals surface area contributed by atoms with Crippen LogP contribution in [0.5, 0.6) is 0 Å². The Morgan fingerprint density at radius 2 is 1.77 bits per heavy atom. The van der Waals surface area contributed by atoms with E-state index in [1.165, 1.54) is 23.5 Å². The maximum atomic E-state index is 13.3. The molecule has 1 amide bonds. The molecule has 2 aromatic carbocycles. The first-order valence-corrected chi connectivity index (χ1v) is 12.3. The zero-order valence-corrected chi connectivity index (χ0v) is 19.2. The minimum absolute atomic E-state index is 0.118. The zero-order chi connectivity index (χ0) is 21.7. The summed E-state index contributed by atoms with van der Waals surface area (Å²) >= 11 is 2.81. The molecule has 1 aromatic heterocycles. The fraction of sp³-hybridized carbons (Fsp3) is 0.250. The lowest BCUT2D eigenvalue weighted by molar-refractivity contribution is -0.114. The first-order chi connectivity index (χ1) is 14.3. The number of aromatic nitrogens is 2. The number of hydrogen-bond donors (Lipinski definition) is 1. The van der Waals surface area contributed by atoms with Crippen LogP contribution in [-0.4, -0.2) is 36.3 Å². The number of nitrogens with zero attached hydrogens (tertiary/aromatic N) is 3. The topological polar surface area (TPSA) is 92.3 Å². The number of sulfonamides is 1. The largest absolute Gasteiger partial charge is 0.299 e. The van der Waals surface area contributed by atoms with E-state index in [2.05, 4.69) is 15.5 Å². The fourth-order valence-corrected chi connectivity index (χ4v) is 6.16. The number of anilines is 2. The quantitative estimate of drug-likeness (QED) is 0.399. The molecule has 158 valence electrons. The molecule has 0 spiro atoms. The van der Waals surface area contributed by atoms with Crippen molar-refractivity contribution in [1.82, 2.24) is 10.2 Å². The van der Waals surface area contributed by atoms with Crippen molar-refractivity contribution in [3.05, 3.63) is 60.2 Å². The second kappa shape index (κ2) is 9.59. The number of carbonyl (C=O) groups excluding carboxylic acids is 1. The highest BCUT2D eigenvalue weighted by Gasteiger charge is 2.28. The SMILES string of the molecule is Cc1ccccc1N(CC(=O)Nc1nnc(SC(C)C)s1)S(=O)(=O)c1ccccc1. The molecule has 0 aliphatic rings. The monoisotopic (exact) mass is 462 g/mol. The number of nitrogens with one attached hydrogen (secondary N) is 1. The smallest absolute Gasteiger partial charge is 0.264 e. The Bertz CT molecular complexity index is 1120. The summed E-state index contributed by atoms with van der Waals surface area (Å²) < 4.78 is 28.5. The number of para-hydroxylation sites is 1. The third kappa shape index (κ3) is 5.38. The van der Waals surface area contributed by atoms with E-state index in [4.69, 9.17) is 0 Å². The lowest BCUT2D eigenvalue weighted by atomic mass is 10.2. The molecule has 0 aliphatic carbocycles. The van der Waals surface area contributed by atoms with Gasteiger partial charge in [0.15, 0.2) is 4.34 Å². The zero-order valence-electron chi connectivity index (χ0n) is 16.8. The van der Waals surface area contributed by atoms with Crippen molar-refractivity contribution in [2.45, 2.75) is 35.3 Å². The van der Waals surface area contributed by atoms with E-state index in [1.54, 1.807) is 55.1 Å². The Kier molecular flexibility index (Phi) is 7.11. The van der Waals surface area contributed by atoms with Crippen molar-refractivity contribution in [3.8, 4) is 0 Å². The van der Waals surface area contributed by atoms with E-state index in [-0.39, 0.29) is 11.4 Å². The van der Waals surface area contributed by atoms with Gasteiger partial charge in [0.05, 0.1) is 10.6 Å². The summed E-state index contributed by atoms with van der Waals surface area (Å²) in [7, 11) is -3.94. The molecular weight excluding hydrogens is 440 g/mol. The second-order valence-corrected chi connectivity index (χ2v) is 11.4. The molecule has 0 atom stereocenters. The van der Waals surface area contributed by atoms with Gasteiger partial charge in [0, 0.05) is 5.25 Å². The summed E-state index contributed by atoms with van der Waals surface area (Å²) in [5, 5.41) is 11.4. The molecular formula is C20H22N4O3S3. The van der Waals surface area contributed by atoms with Crippen LogP contribution in [0.3, 0.4) is 0 Å². The number of hydrogen-bond acceptors (Lipinski definition) is 7. The highest BCUT2D eigenvalue weighted by atomic mass is 32.2. The molecule has 3 aromatic rings. The van der Waals surface area contributed by atoms with Crippen LogP contribution in [0, 0.1) is 6.92 Å². The van der Waals surface area contributed by atoms with Gasteiger partial charge >= 0.3 is 0 Å². The minimum Gasteiger partial charge on any atom is -0.299 e. The summed E-state index contributed by atoms with van der Waals surface area (Å²) in [6.07, 6.45) is 0. The number of amides is 1. The summed E-state index contributed by atoms with van der Waals surface area (Å²) in [4.78, 5) is 12.8. The average Bonchev–Trinajstić information content (AvgIpc) is 3.13. The van der Waals surface area contributed by atoms with Crippen LogP contribution >= 0.6 is 23.1 Å². The average molecular weight is 463 g/mol. The third-order valence-corrected chi connectivity index (χ3v) is 7.69. The predicted octanol–water partition coefficient (Wildman–Crippen LogP) is 4.18. The van der Waals surface area contributed by atoms with Crippen LogP contribution in [-0.2, 0) is 14.8 Å². The van der Waals surface area contributed by atoms with Crippen LogP contribution in [0.4, 0.5) is 10.8 Å². The number of rotatable bonds is 8. The first kappa shape index (κ1) is 22.3. The van der Waals surface area contributed by atoms with Crippen molar-refractivity contribution in [2.75, 3.05) is 16.2 Å². The van der Waals surface area contributed by atoms with Crippen LogP contribution in [0.1, 0.15) is 19.4 Å². The van der Waals surface area contributed by atoms with Gasteiger partial charge in [-0.15, -0.1) is 10.2 Å². The van der Waals surface area contributed by atoms with Gasteiger partial charge in [-0.1, -0.05) is 73.3 Å². The van der Waals surface area contributed by atoms with Crippen molar-refractivity contribution < 1.29 is 13.2 Å². The van der Waals surface area contributed by atoms with E-state index in [1.807, 2.05) is 19.9 Å². The van der Waals surface area contributed by atoms with Gasteiger partial charge in [0.25, 0.3) is 10.0 Å². The Morgan fingerprint density at radius 3 is 2.43 bits per heavy atom. The van der Waals surface area contributed by atoms with Crippen LogP contribution in [0.25, 0.3) is 0 Å². The number of thioether (sulfide) groups is 1. The summed E-state index contributed by atoms with van der Waals surface area (Å²) in [6, 6.07) is 15.1. The minimum atomic E-state index is -3.94. The van der Waals surface area contributed by atoms with Gasteiger partial charge in [-0.2, -0.15) is 0 Å². The van der Waals surface area contributed by atoms with Gasteiger partial charge in [-0.05, 0) is 30.7 Å². The third-order valence-electron chi connectivity index (χ3n) is 3.99. The molecule has 0 aliphatic heterocycles. The van der Waals surface area contributed by atoms with E-state index in [0.717, 1.165) is 14.2 Å². The molecule has 0 saturated carbocycles. The van der Waals surface area contributed by atoms with Gasteiger partial charge in [-0.3, -0.25) is 14.4 Å². The highest BCUT2D eigenvalue weighted by molar-refractivity contribution is 8.01. The molecule has 0 radical (unpaired) electrons. The summed E-state index contributed by atoms with van der Waals surface area (Å²) in [6.45, 7) is 5.51. The Morgan fingerprint density at radius 1 is 1.10 bits per heavy atom. The van der Waals surface area contributed by atoms with E-state index >= 15 is 0 Å². The van der Waals surface area contributed by atoms with Crippen LogP contribution < -0.4 is 9.62 Å². The standard InChI is InChI=1S/C20H22N4O3S3/c1-14(2)28-20-23-22-19(29-20)21-18(25)13-24(17-12-8-7-9-15(17)3)30(26,27)16-10-5-4-6-11-16/h4-12,14H,13H2,1-3H3,(H,21,22,25). The first-order valence-electron chi connectivity index (χ1n) is 9.21. The van der Waals surface area contributed by atoms with Crippen molar-refractivity contribution in [1.29, 1.82) is 0 Å². The Balaban J connectivity index is 1.87. The maximum Gasteiger partial charge on any atom is 0.264 e. The molecule has 1 N–H and O–H groups in total. The molecule has 7 nitrogen and oxygen atoms in total. The molecule has 1 heterocycles. The maximum absolute atomic E-state index is 13.3. The predicted molar refractivity (Wildman–Crippen MR) is 122 cm³/mol. The van der Waals surface area contributed by atoms with Crippen molar-refractivity contribution in [2.24, 2.45) is 0 Å². The Labute approximate surface area is 184 Å². The van der Waals surface area contributed by atoms with Crippen molar-refractivity contribution in [3.63, 3.8) is 0 Å². The fourth-order valence-electron chi connectivity index (χ4n) is 2.66. The normalized spacial score (nSPS) is 11.5. The molecule has 0 unspecified atom stereocenters. The van der Waals surface area contributed by atoms with E-state index < -0.39 is 15.9 Å². The van der Waals surface area contributed by atoms with Crippen LogP contribution in [0.2, 0.25) is 0 Å². The molecule has 0 fully saturated rings. The van der Waals surface area contributed by atoms with Gasteiger partial charge in [-0.25, -0.2) is 8.42 Å². The van der Waals surface area contributed by atoms with Crippen LogP contribution in [0.15, 0.2) is 63.8 Å². The number of benzene rings is 2. The lowest BCUT2D eigenvalue weighted by Gasteiger charge is -2.25. The van der Waals surface area contributed by atoms with Gasteiger partial charge < -0.3 is 0 Å². The van der Waals surface area contributed by atoms with Gasteiger partial charge in [0.2, 0.25) is 11.0 Å². The highest BCUT2D eigenvalue weighted by Crippen LogP contribution is 2.29. The Hall–Kier alpha value is -2.43. The molecule has 10 heteroatoms. The van der Waals surface area contributed by atoms with Gasteiger partial charge in [0.1, 0.15) is 6.54 Å². The molecule has 0 bridgehead atoms. The number of carbonyl (C=O) groups is 1. The molecule has 3 rings (SSSR count). The molecule has 0 saturated heterocycles. The summed E-state index contributed by atoms with van der Waals surface area (Å²) in [5.41, 5.74) is 1.20. The second-order valence-electron chi connectivity index (χ2n) is 6.70. The summed E-state index contributed by atoms with van der Waals surface area (Å²) in [5.74, 6) is -0.491. The van der Waals surface area contributed by atoms with E-state index in [0.29, 0.717) is 16.1 Å². The lowest BCUT2D eigenvalue weighted by Crippen LogP contribution is -2.38. The van der Waals surface area contributed by atoms with E-state index in [9.17, 15) is 13.2 Å². The van der Waals surface area contributed by atoms with Crippen molar-refractivity contribution >= 4 is 49.8 Å².